The molecule has 1 heterocycles. The van der Waals surface area contributed by atoms with Gasteiger partial charge in [-0.05, 0) is 57.2 Å². The van der Waals surface area contributed by atoms with Crippen LogP contribution in [0.25, 0.3) is 0 Å². The first-order valence-corrected chi connectivity index (χ1v) is 7.75. The van der Waals surface area contributed by atoms with Gasteiger partial charge in [0.1, 0.15) is 6.04 Å². The monoisotopic (exact) mass is 304 g/mol. The largest absolute Gasteiger partial charge is 0.390 e. The fourth-order valence-corrected chi connectivity index (χ4v) is 2.47. The number of rotatable bonds is 5. The zero-order valence-electron chi connectivity index (χ0n) is 13.2. The highest BCUT2D eigenvalue weighted by atomic mass is 16.3. The van der Waals surface area contributed by atoms with Gasteiger partial charge >= 0.3 is 0 Å². The standard InChI is InChI=1S/C17H24N2O3/c1-17(2,22)9-8-12-5-3-6-13(11-12)15(20)19-14-7-4-10-18-16(14)21/h3,5-6,11,14,22H,4,7-10H2,1-2H3,(H,18,21)(H,19,20). The number of hydrogen-bond acceptors (Lipinski definition) is 3. The van der Waals surface area contributed by atoms with E-state index in [1.807, 2.05) is 18.2 Å². The molecule has 0 radical (unpaired) electrons. The molecular weight excluding hydrogens is 280 g/mol. The predicted octanol–water partition coefficient (Wildman–Crippen LogP) is 1.40. The maximum absolute atomic E-state index is 12.3. The number of benzene rings is 1. The third kappa shape index (κ3) is 4.84. The van der Waals surface area contributed by atoms with Crippen LogP contribution in [0.15, 0.2) is 24.3 Å². The van der Waals surface area contributed by atoms with E-state index in [2.05, 4.69) is 10.6 Å². The van der Waals surface area contributed by atoms with Gasteiger partial charge in [-0.1, -0.05) is 12.1 Å². The van der Waals surface area contributed by atoms with Gasteiger partial charge in [0.25, 0.3) is 5.91 Å². The number of aryl methyl sites for hydroxylation is 1. The number of amides is 2. The molecule has 2 amide bonds. The topological polar surface area (TPSA) is 78.4 Å². The van der Waals surface area contributed by atoms with Gasteiger partial charge in [0.15, 0.2) is 0 Å². The molecule has 2 rings (SSSR count). The molecule has 1 aliphatic heterocycles. The first-order chi connectivity index (χ1) is 10.3. The number of nitrogens with one attached hydrogen (secondary N) is 2. The number of carbonyl (C=O) groups is 2. The summed E-state index contributed by atoms with van der Waals surface area (Å²) in [7, 11) is 0. The molecule has 0 saturated carbocycles. The summed E-state index contributed by atoms with van der Waals surface area (Å²) in [4.78, 5) is 24.0. The third-order valence-electron chi connectivity index (χ3n) is 3.81. The molecule has 1 aromatic carbocycles. The lowest BCUT2D eigenvalue weighted by Crippen LogP contribution is -2.50. The van der Waals surface area contributed by atoms with E-state index in [1.165, 1.54) is 0 Å². The highest BCUT2D eigenvalue weighted by molar-refractivity contribution is 5.97. The molecule has 22 heavy (non-hydrogen) atoms. The van der Waals surface area contributed by atoms with E-state index in [0.29, 0.717) is 31.4 Å². The molecule has 3 N–H and O–H groups in total. The molecule has 5 nitrogen and oxygen atoms in total. The Labute approximate surface area is 131 Å². The van der Waals surface area contributed by atoms with Crippen LogP contribution in [0, 0.1) is 0 Å². The van der Waals surface area contributed by atoms with Gasteiger partial charge in [-0.15, -0.1) is 0 Å². The molecule has 0 aliphatic carbocycles. The minimum absolute atomic E-state index is 0.113. The lowest BCUT2D eigenvalue weighted by molar-refractivity contribution is -0.124. The number of hydrogen-bond donors (Lipinski definition) is 3. The summed E-state index contributed by atoms with van der Waals surface area (Å²) < 4.78 is 0. The van der Waals surface area contributed by atoms with Crippen molar-refractivity contribution in [3.8, 4) is 0 Å². The Balaban J connectivity index is 1.99. The number of piperidine rings is 1. The van der Waals surface area contributed by atoms with Crippen molar-refractivity contribution >= 4 is 11.8 Å². The SMILES string of the molecule is CC(C)(O)CCc1cccc(C(=O)NC2CCCNC2=O)c1. The quantitative estimate of drug-likeness (QED) is 0.769. The van der Waals surface area contributed by atoms with Gasteiger partial charge in [0.2, 0.25) is 5.91 Å². The molecule has 1 fully saturated rings. The average molecular weight is 304 g/mol. The summed E-state index contributed by atoms with van der Waals surface area (Å²) in [5, 5.41) is 15.3. The van der Waals surface area contributed by atoms with Crippen molar-refractivity contribution in [1.29, 1.82) is 0 Å². The second kappa shape index (κ2) is 6.92. The Morgan fingerprint density at radius 1 is 1.45 bits per heavy atom. The fourth-order valence-electron chi connectivity index (χ4n) is 2.47. The average Bonchev–Trinajstić information content (AvgIpc) is 2.47. The molecule has 0 aromatic heterocycles. The number of carbonyl (C=O) groups excluding carboxylic acids is 2. The first kappa shape index (κ1) is 16.5. The van der Waals surface area contributed by atoms with Crippen LogP contribution in [0.2, 0.25) is 0 Å². The number of aliphatic hydroxyl groups is 1. The lowest BCUT2D eigenvalue weighted by atomic mass is 9.97. The van der Waals surface area contributed by atoms with Crippen molar-refractivity contribution in [2.24, 2.45) is 0 Å². The van der Waals surface area contributed by atoms with Crippen LogP contribution < -0.4 is 10.6 Å². The molecule has 1 atom stereocenters. The van der Waals surface area contributed by atoms with Crippen LogP contribution >= 0.6 is 0 Å². The third-order valence-corrected chi connectivity index (χ3v) is 3.81. The van der Waals surface area contributed by atoms with Crippen LogP contribution in [0.1, 0.15) is 49.0 Å². The highest BCUT2D eigenvalue weighted by Gasteiger charge is 2.24. The maximum atomic E-state index is 12.3. The van der Waals surface area contributed by atoms with E-state index in [9.17, 15) is 14.7 Å². The van der Waals surface area contributed by atoms with Crippen LogP contribution in [0.3, 0.4) is 0 Å². The Morgan fingerprint density at radius 2 is 2.23 bits per heavy atom. The summed E-state index contributed by atoms with van der Waals surface area (Å²) in [5.74, 6) is -0.343. The van der Waals surface area contributed by atoms with E-state index in [1.54, 1.807) is 19.9 Å². The Morgan fingerprint density at radius 3 is 2.91 bits per heavy atom. The minimum atomic E-state index is -0.724. The van der Waals surface area contributed by atoms with Crippen molar-refractivity contribution in [2.45, 2.75) is 51.2 Å². The summed E-state index contributed by atoms with van der Waals surface area (Å²) >= 11 is 0. The lowest BCUT2D eigenvalue weighted by Gasteiger charge is -2.23. The summed E-state index contributed by atoms with van der Waals surface area (Å²) in [6.07, 6.45) is 2.88. The second-order valence-electron chi connectivity index (χ2n) is 6.47. The van der Waals surface area contributed by atoms with Crippen LogP contribution in [0.4, 0.5) is 0 Å². The van der Waals surface area contributed by atoms with Crippen molar-refractivity contribution in [3.63, 3.8) is 0 Å². The summed E-state index contributed by atoms with van der Waals surface area (Å²) in [6, 6.07) is 6.89. The first-order valence-electron chi connectivity index (χ1n) is 7.75. The zero-order valence-corrected chi connectivity index (χ0v) is 13.2. The van der Waals surface area contributed by atoms with E-state index in [0.717, 1.165) is 12.0 Å². The van der Waals surface area contributed by atoms with Gasteiger partial charge in [-0.25, -0.2) is 0 Å². The summed E-state index contributed by atoms with van der Waals surface area (Å²) in [6.45, 7) is 4.22. The van der Waals surface area contributed by atoms with E-state index < -0.39 is 11.6 Å². The van der Waals surface area contributed by atoms with Gasteiger partial charge in [-0.3, -0.25) is 9.59 Å². The van der Waals surface area contributed by atoms with Crippen molar-refractivity contribution in [3.05, 3.63) is 35.4 Å². The van der Waals surface area contributed by atoms with Crippen LogP contribution in [0.5, 0.6) is 0 Å². The van der Waals surface area contributed by atoms with Crippen LogP contribution in [-0.2, 0) is 11.2 Å². The van der Waals surface area contributed by atoms with Crippen molar-refractivity contribution in [1.82, 2.24) is 10.6 Å². The Hall–Kier alpha value is -1.88. The minimum Gasteiger partial charge on any atom is -0.390 e. The molecule has 1 unspecified atom stereocenters. The van der Waals surface area contributed by atoms with E-state index in [4.69, 9.17) is 0 Å². The molecule has 120 valence electrons. The van der Waals surface area contributed by atoms with Crippen LogP contribution in [-0.4, -0.2) is 35.1 Å². The van der Waals surface area contributed by atoms with E-state index in [-0.39, 0.29) is 11.8 Å². The maximum Gasteiger partial charge on any atom is 0.251 e. The van der Waals surface area contributed by atoms with Gasteiger partial charge < -0.3 is 15.7 Å². The zero-order chi connectivity index (χ0) is 16.2. The molecule has 1 aromatic rings. The molecule has 1 saturated heterocycles. The summed E-state index contributed by atoms with van der Waals surface area (Å²) in [5.41, 5.74) is 0.827. The predicted molar refractivity (Wildman–Crippen MR) is 84.6 cm³/mol. The van der Waals surface area contributed by atoms with Gasteiger partial charge in [0, 0.05) is 12.1 Å². The molecule has 0 spiro atoms. The smallest absolute Gasteiger partial charge is 0.251 e. The molecule has 0 bridgehead atoms. The Bertz CT molecular complexity index is 549. The second-order valence-corrected chi connectivity index (χ2v) is 6.47. The molecule has 1 aliphatic rings. The van der Waals surface area contributed by atoms with Gasteiger partial charge in [-0.2, -0.15) is 0 Å². The van der Waals surface area contributed by atoms with E-state index >= 15 is 0 Å². The van der Waals surface area contributed by atoms with Gasteiger partial charge in [0.05, 0.1) is 5.60 Å². The Kier molecular flexibility index (Phi) is 5.19. The highest BCUT2D eigenvalue weighted by Crippen LogP contribution is 2.15. The van der Waals surface area contributed by atoms with Crippen molar-refractivity contribution < 1.29 is 14.7 Å². The normalized spacial score (nSPS) is 18.7. The van der Waals surface area contributed by atoms with Crippen molar-refractivity contribution in [2.75, 3.05) is 6.54 Å². The molecule has 5 heteroatoms. The molecular formula is C17H24N2O3. The fraction of sp³-hybridized carbons (Fsp3) is 0.529.